The number of phenolic OH excluding ortho intramolecular Hbond substituents is 2. The molecule has 1 aromatic carbocycles. The third kappa shape index (κ3) is 2.43. The van der Waals surface area contributed by atoms with Crippen molar-refractivity contribution in [3.05, 3.63) is 23.8 Å². The average molecular weight is 186 g/mol. The van der Waals surface area contributed by atoms with Gasteiger partial charge in [0.1, 0.15) is 18.1 Å². The summed E-state index contributed by atoms with van der Waals surface area (Å²) < 4.78 is 0. The van der Waals surface area contributed by atoms with Crippen LogP contribution < -0.4 is 0 Å². The van der Waals surface area contributed by atoms with E-state index in [4.69, 9.17) is 15.3 Å². The van der Waals surface area contributed by atoms with Crippen LogP contribution in [0.3, 0.4) is 0 Å². The lowest BCUT2D eigenvalue weighted by Gasteiger charge is -2.00. The van der Waals surface area contributed by atoms with Crippen LogP contribution in [0.15, 0.2) is 18.2 Å². The first-order valence-electron chi connectivity index (χ1n) is 3.31. The molecule has 0 spiro atoms. The maximum absolute atomic E-state index is 10.9. The second kappa shape index (κ2) is 4.44. The molecule has 0 aromatic heterocycles. The Hall–Kier alpha value is -1.59. The van der Waals surface area contributed by atoms with Crippen LogP contribution in [0.1, 0.15) is 10.4 Å². The number of aliphatic hydroxyl groups is 1. The van der Waals surface area contributed by atoms with Gasteiger partial charge in [-0.15, -0.1) is 0 Å². The summed E-state index contributed by atoms with van der Waals surface area (Å²) in [5.74, 6) is -1.02. The third-order valence-corrected chi connectivity index (χ3v) is 1.43. The van der Waals surface area contributed by atoms with E-state index in [1.54, 1.807) is 0 Å². The topological polar surface area (TPSA) is 109 Å². The summed E-state index contributed by atoms with van der Waals surface area (Å²) >= 11 is 0. The van der Waals surface area contributed by atoms with Crippen LogP contribution in [0.4, 0.5) is 0 Å². The van der Waals surface area contributed by atoms with E-state index in [-0.39, 0.29) is 22.5 Å². The van der Waals surface area contributed by atoms with Gasteiger partial charge in [0.05, 0.1) is 5.56 Å². The van der Waals surface area contributed by atoms with E-state index in [1.165, 1.54) is 12.1 Å². The van der Waals surface area contributed by atoms with Crippen molar-refractivity contribution in [2.45, 2.75) is 0 Å². The van der Waals surface area contributed by atoms with E-state index >= 15 is 0 Å². The number of hydrogen-bond donors (Lipinski definition) is 3. The smallest absolute Gasteiger partial charge is 0.191 e. The van der Waals surface area contributed by atoms with Crippen molar-refractivity contribution >= 4 is 5.78 Å². The molecule has 5 nitrogen and oxygen atoms in total. The first kappa shape index (κ1) is 11.4. The van der Waals surface area contributed by atoms with Crippen LogP contribution in [0.5, 0.6) is 11.5 Å². The Morgan fingerprint density at radius 1 is 1.31 bits per heavy atom. The quantitative estimate of drug-likeness (QED) is 0.538. The van der Waals surface area contributed by atoms with E-state index in [9.17, 15) is 4.79 Å². The van der Waals surface area contributed by atoms with Crippen LogP contribution in [-0.2, 0) is 0 Å². The predicted molar refractivity (Wildman–Crippen MR) is 44.8 cm³/mol. The van der Waals surface area contributed by atoms with Crippen LogP contribution in [0.25, 0.3) is 0 Å². The summed E-state index contributed by atoms with van der Waals surface area (Å²) in [7, 11) is 0. The van der Waals surface area contributed by atoms with Crippen LogP contribution in [0, 0.1) is 0 Å². The Morgan fingerprint density at radius 3 is 2.38 bits per heavy atom. The van der Waals surface area contributed by atoms with E-state index in [0.717, 1.165) is 6.07 Å². The molecule has 0 aliphatic heterocycles. The fraction of sp³-hybridized carbons (Fsp3) is 0.125. The van der Waals surface area contributed by atoms with Crippen LogP contribution >= 0.6 is 0 Å². The van der Waals surface area contributed by atoms with Crippen molar-refractivity contribution in [1.29, 1.82) is 0 Å². The summed E-state index contributed by atoms with van der Waals surface area (Å²) in [6, 6.07) is 3.56. The molecule has 0 radical (unpaired) electrons. The number of aliphatic hydroxyl groups excluding tert-OH is 1. The molecule has 5 heteroatoms. The zero-order valence-electron chi connectivity index (χ0n) is 6.69. The minimum absolute atomic E-state index is 0. The molecule has 0 bridgehead atoms. The first-order chi connectivity index (χ1) is 5.65. The summed E-state index contributed by atoms with van der Waals surface area (Å²) in [6.07, 6.45) is 0. The fourth-order valence-electron chi connectivity index (χ4n) is 0.841. The molecular weight excluding hydrogens is 176 g/mol. The second-order valence-electron chi connectivity index (χ2n) is 2.28. The van der Waals surface area contributed by atoms with Gasteiger partial charge >= 0.3 is 0 Å². The lowest BCUT2D eigenvalue weighted by molar-refractivity contribution is 0.0901. The van der Waals surface area contributed by atoms with Gasteiger partial charge in [0.2, 0.25) is 0 Å². The normalized spacial score (nSPS) is 9.00. The number of aromatic hydroxyl groups is 2. The summed E-state index contributed by atoms with van der Waals surface area (Å²) in [5.41, 5.74) is 0.00954. The molecule has 72 valence electrons. The molecule has 0 atom stereocenters. The zero-order chi connectivity index (χ0) is 9.14. The predicted octanol–water partition coefficient (Wildman–Crippen LogP) is -0.552. The van der Waals surface area contributed by atoms with Gasteiger partial charge in [-0.05, 0) is 12.1 Å². The van der Waals surface area contributed by atoms with Gasteiger partial charge in [-0.1, -0.05) is 0 Å². The highest BCUT2D eigenvalue weighted by atomic mass is 16.3. The van der Waals surface area contributed by atoms with E-state index in [1.807, 2.05) is 0 Å². The number of benzene rings is 1. The molecule has 0 amide bonds. The van der Waals surface area contributed by atoms with Crippen molar-refractivity contribution in [1.82, 2.24) is 0 Å². The monoisotopic (exact) mass is 186 g/mol. The standard InChI is InChI=1S/C8H8O4.H2O/c9-4-8(12)6-2-1-5(10)3-7(6)11;/h1-3,9-11H,4H2;1H2. The number of hydrogen-bond acceptors (Lipinski definition) is 4. The zero-order valence-corrected chi connectivity index (χ0v) is 6.69. The van der Waals surface area contributed by atoms with Gasteiger partial charge < -0.3 is 20.8 Å². The fourth-order valence-corrected chi connectivity index (χ4v) is 0.841. The molecule has 0 fully saturated rings. The average Bonchev–Trinajstić information content (AvgIpc) is 2.03. The molecule has 1 rings (SSSR count). The lowest BCUT2D eigenvalue weighted by atomic mass is 10.1. The van der Waals surface area contributed by atoms with Crippen LogP contribution in [0.2, 0.25) is 0 Å². The second-order valence-corrected chi connectivity index (χ2v) is 2.28. The number of carbonyl (C=O) groups is 1. The molecule has 0 aliphatic rings. The molecular formula is C8H10O5. The molecule has 0 heterocycles. The van der Waals surface area contributed by atoms with Gasteiger partial charge in [-0.25, -0.2) is 0 Å². The minimum Gasteiger partial charge on any atom is -0.508 e. The van der Waals surface area contributed by atoms with Gasteiger partial charge in [0, 0.05) is 6.07 Å². The maximum atomic E-state index is 10.9. The summed E-state index contributed by atoms with van der Waals surface area (Å²) in [5, 5.41) is 26.4. The number of Topliss-reactive ketones (excluding diaryl/α,β-unsaturated/α-hetero) is 1. The Balaban J connectivity index is 0.00000144. The van der Waals surface area contributed by atoms with E-state index in [0.29, 0.717) is 0 Å². The largest absolute Gasteiger partial charge is 0.508 e. The number of ketones is 1. The van der Waals surface area contributed by atoms with Crippen LogP contribution in [-0.4, -0.2) is 33.2 Å². The highest BCUT2D eigenvalue weighted by Gasteiger charge is 2.09. The molecule has 13 heavy (non-hydrogen) atoms. The first-order valence-corrected chi connectivity index (χ1v) is 3.31. The van der Waals surface area contributed by atoms with Crippen molar-refractivity contribution < 1.29 is 25.6 Å². The van der Waals surface area contributed by atoms with Gasteiger partial charge in [0.15, 0.2) is 5.78 Å². The maximum Gasteiger partial charge on any atom is 0.191 e. The van der Waals surface area contributed by atoms with Crippen molar-refractivity contribution in [2.75, 3.05) is 6.61 Å². The van der Waals surface area contributed by atoms with Gasteiger partial charge in [-0.2, -0.15) is 0 Å². The SMILES string of the molecule is O.O=C(CO)c1ccc(O)cc1O. The number of carbonyl (C=O) groups excluding carboxylic acids is 1. The molecule has 0 unspecified atom stereocenters. The summed E-state index contributed by atoms with van der Waals surface area (Å²) in [4.78, 5) is 10.9. The Bertz CT molecular complexity index is 307. The molecule has 1 aromatic rings. The van der Waals surface area contributed by atoms with Crippen molar-refractivity contribution in [2.24, 2.45) is 0 Å². The minimum atomic E-state index is -0.654. The third-order valence-electron chi connectivity index (χ3n) is 1.43. The number of phenols is 2. The summed E-state index contributed by atoms with van der Waals surface area (Å²) in [6.45, 7) is -0.654. The van der Waals surface area contributed by atoms with E-state index < -0.39 is 12.4 Å². The Morgan fingerprint density at radius 2 is 1.92 bits per heavy atom. The molecule has 0 saturated heterocycles. The van der Waals surface area contributed by atoms with Gasteiger partial charge in [0.25, 0.3) is 0 Å². The van der Waals surface area contributed by atoms with E-state index in [2.05, 4.69) is 0 Å². The molecule has 0 saturated carbocycles. The number of rotatable bonds is 2. The highest BCUT2D eigenvalue weighted by Crippen LogP contribution is 2.22. The lowest BCUT2D eigenvalue weighted by Crippen LogP contribution is -2.03. The molecule has 0 aliphatic carbocycles. The Kier molecular flexibility index (Phi) is 3.90. The molecule has 5 N–H and O–H groups in total. The van der Waals surface area contributed by atoms with Crippen molar-refractivity contribution in [3.63, 3.8) is 0 Å². The Labute approximate surface area is 74.2 Å². The highest BCUT2D eigenvalue weighted by molar-refractivity contribution is 5.99. The van der Waals surface area contributed by atoms with Crippen molar-refractivity contribution in [3.8, 4) is 11.5 Å². The van der Waals surface area contributed by atoms with Gasteiger partial charge in [-0.3, -0.25) is 4.79 Å².